The van der Waals surface area contributed by atoms with Crippen molar-refractivity contribution in [2.45, 2.75) is 12.8 Å². The molecule has 0 radical (unpaired) electrons. The van der Waals surface area contributed by atoms with Crippen molar-refractivity contribution in [1.29, 1.82) is 5.41 Å². The Bertz CT molecular complexity index is 1340. The Hall–Kier alpha value is -4.39. The van der Waals surface area contributed by atoms with Crippen LogP contribution in [0.25, 0.3) is 22.6 Å². The van der Waals surface area contributed by atoms with Crippen LogP contribution in [0.15, 0.2) is 89.9 Å². The van der Waals surface area contributed by atoms with E-state index in [2.05, 4.69) is 0 Å². The van der Waals surface area contributed by atoms with Crippen molar-refractivity contribution in [1.82, 2.24) is 9.13 Å². The van der Waals surface area contributed by atoms with Gasteiger partial charge in [0.2, 0.25) is 0 Å². The number of aromatic nitrogens is 2. The zero-order chi connectivity index (χ0) is 23.4. The van der Waals surface area contributed by atoms with Crippen molar-refractivity contribution in [2.24, 2.45) is 5.73 Å². The number of nitrogens with one attached hydrogen (secondary N) is 1. The number of imidazole rings is 1. The van der Waals surface area contributed by atoms with Gasteiger partial charge in [-0.2, -0.15) is 0 Å². The lowest BCUT2D eigenvalue weighted by Crippen LogP contribution is -2.22. The molecule has 0 atom stereocenters. The van der Waals surface area contributed by atoms with Gasteiger partial charge in [0.05, 0.1) is 24.2 Å². The highest BCUT2D eigenvalue weighted by molar-refractivity contribution is 5.95. The number of rotatable bonds is 7. The van der Waals surface area contributed by atoms with Crippen LogP contribution in [0.2, 0.25) is 0 Å². The maximum Gasteiger partial charge on any atom is 0.337 e. The highest BCUT2D eigenvalue weighted by Crippen LogP contribution is 2.24. The number of ether oxygens (including phenoxy) is 1. The number of nitrogens with two attached hydrogens (primary N) is 1. The van der Waals surface area contributed by atoms with Crippen molar-refractivity contribution in [3.05, 3.63) is 107 Å². The van der Waals surface area contributed by atoms with Crippen molar-refractivity contribution >= 4 is 11.8 Å². The molecule has 3 N–H and O–H groups in total. The van der Waals surface area contributed by atoms with Crippen LogP contribution in [0.3, 0.4) is 0 Å². The number of para-hydroxylation sites is 1. The van der Waals surface area contributed by atoms with Crippen LogP contribution in [0.5, 0.6) is 0 Å². The molecule has 0 bridgehead atoms. The van der Waals surface area contributed by atoms with Gasteiger partial charge in [0.1, 0.15) is 5.84 Å². The Morgan fingerprint density at radius 2 is 1.61 bits per heavy atom. The molecule has 166 valence electrons. The number of aryl methyl sites for hydroxylation is 1. The summed E-state index contributed by atoms with van der Waals surface area (Å²) < 4.78 is 7.96. The first-order valence-electron chi connectivity index (χ1n) is 10.5. The maximum absolute atomic E-state index is 13.5. The Kier molecular flexibility index (Phi) is 6.22. The topological polar surface area (TPSA) is 103 Å². The van der Waals surface area contributed by atoms with E-state index in [0.29, 0.717) is 24.1 Å². The minimum absolute atomic E-state index is 0.0243. The predicted octanol–water partition coefficient (Wildman–Crippen LogP) is 3.68. The first-order valence-corrected chi connectivity index (χ1v) is 10.5. The summed E-state index contributed by atoms with van der Waals surface area (Å²) in [6.07, 6.45) is 2.71. The lowest BCUT2D eigenvalue weighted by Gasteiger charge is -2.08. The molecule has 0 saturated carbocycles. The lowest BCUT2D eigenvalue weighted by atomic mass is 10.1. The summed E-state index contributed by atoms with van der Waals surface area (Å²) in [7, 11) is 1.38. The van der Waals surface area contributed by atoms with Crippen molar-refractivity contribution in [3.8, 4) is 22.6 Å². The van der Waals surface area contributed by atoms with E-state index in [1.165, 1.54) is 7.11 Å². The molecule has 3 aromatic carbocycles. The summed E-state index contributed by atoms with van der Waals surface area (Å²) in [5.74, 6) is -0.270. The summed E-state index contributed by atoms with van der Waals surface area (Å²) in [6.45, 7) is 0. The quantitative estimate of drug-likeness (QED) is 0.260. The number of amidine groups is 1. The third kappa shape index (κ3) is 4.62. The van der Waals surface area contributed by atoms with Gasteiger partial charge in [0.25, 0.3) is 0 Å². The molecule has 0 fully saturated rings. The Labute approximate surface area is 191 Å². The Morgan fingerprint density at radius 3 is 2.21 bits per heavy atom. The second kappa shape index (κ2) is 9.40. The van der Waals surface area contributed by atoms with E-state index < -0.39 is 0 Å². The van der Waals surface area contributed by atoms with Gasteiger partial charge in [-0.1, -0.05) is 42.5 Å². The zero-order valence-corrected chi connectivity index (χ0v) is 18.2. The van der Waals surface area contributed by atoms with E-state index in [9.17, 15) is 9.59 Å². The molecule has 1 heterocycles. The molecule has 7 heteroatoms. The van der Waals surface area contributed by atoms with E-state index in [0.717, 1.165) is 22.5 Å². The Balaban J connectivity index is 1.77. The van der Waals surface area contributed by atoms with Gasteiger partial charge in [0.15, 0.2) is 0 Å². The molecule has 4 aromatic rings. The molecule has 4 rings (SSSR count). The summed E-state index contributed by atoms with van der Waals surface area (Å²) in [5.41, 5.74) is 10.00. The summed E-state index contributed by atoms with van der Waals surface area (Å²) in [4.78, 5) is 24.9. The fourth-order valence-electron chi connectivity index (χ4n) is 3.65. The van der Waals surface area contributed by atoms with Crippen molar-refractivity contribution < 1.29 is 9.53 Å². The first-order chi connectivity index (χ1) is 16.0. The van der Waals surface area contributed by atoms with Crippen LogP contribution in [-0.2, 0) is 16.0 Å². The second-order valence-electron chi connectivity index (χ2n) is 7.57. The molecular weight excluding hydrogens is 416 g/mol. The van der Waals surface area contributed by atoms with Crippen LogP contribution in [0.1, 0.15) is 17.5 Å². The van der Waals surface area contributed by atoms with E-state index in [1.807, 2.05) is 60.8 Å². The minimum Gasteiger partial charge on any atom is -0.469 e. The van der Waals surface area contributed by atoms with Crippen LogP contribution in [0.4, 0.5) is 0 Å². The number of nitrogen functional groups attached to an aromatic ring is 1. The molecule has 1 aromatic heterocycles. The SMILES string of the molecule is COC(=O)CCc1ccc(-c2cn(-c3ccc(C(=N)N)cc3)c(=O)n2-c2ccccc2)cc1. The normalized spacial score (nSPS) is 10.7. The van der Waals surface area contributed by atoms with Crippen molar-refractivity contribution in [3.63, 3.8) is 0 Å². The molecule has 33 heavy (non-hydrogen) atoms. The summed E-state index contributed by atoms with van der Waals surface area (Å²) in [6, 6.07) is 24.3. The van der Waals surface area contributed by atoms with Gasteiger partial charge in [-0.05, 0) is 48.4 Å². The fourth-order valence-corrected chi connectivity index (χ4v) is 3.65. The molecule has 0 aliphatic carbocycles. The van der Waals surface area contributed by atoms with E-state index >= 15 is 0 Å². The summed E-state index contributed by atoms with van der Waals surface area (Å²) in [5, 5.41) is 7.58. The molecule has 0 amide bonds. The van der Waals surface area contributed by atoms with Crippen LogP contribution in [-0.4, -0.2) is 28.0 Å². The molecule has 0 unspecified atom stereocenters. The van der Waals surface area contributed by atoms with E-state index in [4.69, 9.17) is 15.9 Å². The zero-order valence-electron chi connectivity index (χ0n) is 18.2. The van der Waals surface area contributed by atoms with Gasteiger partial charge in [-0.25, -0.2) is 4.79 Å². The highest BCUT2D eigenvalue weighted by Gasteiger charge is 2.16. The van der Waals surface area contributed by atoms with Gasteiger partial charge >= 0.3 is 11.7 Å². The van der Waals surface area contributed by atoms with Gasteiger partial charge in [-0.15, -0.1) is 0 Å². The smallest absolute Gasteiger partial charge is 0.337 e. The lowest BCUT2D eigenvalue weighted by molar-refractivity contribution is -0.140. The Morgan fingerprint density at radius 1 is 0.939 bits per heavy atom. The average Bonchev–Trinajstić information content (AvgIpc) is 3.20. The first kappa shape index (κ1) is 21.8. The van der Waals surface area contributed by atoms with Gasteiger partial charge in [-0.3, -0.25) is 19.3 Å². The minimum atomic E-state index is -0.245. The predicted molar refractivity (Wildman–Crippen MR) is 128 cm³/mol. The standard InChI is InChI=1S/C26H24N4O3/c1-33-24(31)16-9-18-7-10-19(11-8-18)23-17-29(21-14-12-20(13-15-21)25(27)28)26(32)30(23)22-5-3-2-4-6-22/h2-8,10-15,17H,9,16H2,1H3,(H3,27,28). The summed E-state index contributed by atoms with van der Waals surface area (Å²) >= 11 is 0. The number of benzene rings is 3. The number of hydrogen-bond donors (Lipinski definition) is 2. The number of carbonyl (C=O) groups is 1. The molecule has 0 spiro atoms. The third-order valence-corrected chi connectivity index (χ3v) is 5.46. The largest absolute Gasteiger partial charge is 0.469 e. The van der Waals surface area contributed by atoms with E-state index in [1.54, 1.807) is 33.4 Å². The molecule has 0 aliphatic rings. The van der Waals surface area contributed by atoms with Crippen LogP contribution < -0.4 is 11.4 Å². The number of carbonyl (C=O) groups excluding carboxylic acids is 1. The highest BCUT2D eigenvalue weighted by atomic mass is 16.5. The maximum atomic E-state index is 13.5. The van der Waals surface area contributed by atoms with Gasteiger partial charge in [0, 0.05) is 23.7 Å². The second-order valence-corrected chi connectivity index (χ2v) is 7.57. The van der Waals surface area contributed by atoms with E-state index in [-0.39, 0.29) is 17.5 Å². The van der Waals surface area contributed by atoms with Crippen molar-refractivity contribution in [2.75, 3.05) is 7.11 Å². The van der Waals surface area contributed by atoms with Crippen LogP contribution in [0, 0.1) is 5.41 Å². The average molecular weight is 441 g/mol. The molecular formula is C26H24N4O3. The molecule has 0 aliphatic heterocycles. The number of nitrogens with zero attached hydrogens (tertiary/aromatic N) is 2. The number of hydrogen-bond acceptors (Lipinski definition) is 4. The fraction of sp³-hybridized carbons (Fsp3) is 0.115. The third-order valence-electron chi connectivity index (χ3n) is 5.46. The van der Waals surface area contributed by atoms with Crippen LogP contribution >= 0.6 is 0 Å². The number of methoxy groups -OCH3 is 1. The number of esters is 1. The molecule has 7 nitrogen and oxygen atoms in total. The molecule has 0 saturated heterocycles. The monoisotopic (exact) mass is 440 g/mol. The van der Waals surface area contributed by atoms with Gasteiger partial charge < -0.3 is 10.5 Å².